The fourth-order valence-electron chi connectivity index (χ4n) is 6.70. The van der Waals surface area contributed by atoms with Crippen LogP contribution in [0.25, 0.3) is 11.1 Å². The molecule has 2 heterocycles. The van der Waals surface area contributed by atoms with Gasteiger partial charge in [0.2, 0.25) is 0 Å². The first-order valence-electron chi connectivity index (χ1n) is 15.7. The van der Waals surface area contributed by atoms with Crippen molar-refractivity contribution in [1.29, 1.82) is 5.26 Å². The molecule has 3 aromatic rings. The Kier molecular flexibility index (Phi) is 7.80. The summed E-state index contributed by atoms with van der Waals surface area (Å²) in [7, 11) is 0. The molecule has 0 aliphatic heterocycles. The number of amides is 1. The maximum Gasteiger partial charge on any atom is 0.412 e. The molecule has 4 fully saturated rings. The molecule has 1 aromatic carbocycles. The first-order valence-corrected chi connectivity index (χ1v) is 15.7. The summed E-state index contributed by atoms with van der Waals surface area (Å²) < 4.78 is 74.5. The minimum Gasteiger partial charge on any atom is -0.473 e. The van der Waals surface area contributed by atoms with Gasteiger partial charge < -0.3 is 14.0 Å². The number of anilines is 1. The van der Waals surface area contributed by atoms with Gasteiger partial charge in [-0.3, -0.25) is 5.32 Å². The van der Waals surface area contributed by atoms with Gasteiger partial charge in [-0.2, -0.15) is 23.4 Å². The van der Waals surface area contributed by atoms with Crippen LogP contribution in [0.2, 0.25) is 0 Å². The summed E-state index contributed by atoms with van der Waals surface area (Å²) in [5.74, 6) is 0.727. The van der Waals surface area contributed by atoms with Crippen molar-refractivity contribution < 1.29 is 36.4 Å². The van der Waals surface area contributed by atoms with Gasteiger partial charge in [0.15, 0.2) is 17.1 Å². The summed E-state index contributed by atoms with van der Waals surface area (Å²) >= 11 is 0. The number of rotatable bonds is 9. The molecule has 4 saturated carbocycles. The van der Waals surface area contributed by atoms with E-state index in [-0.39, 0.29) is 40.3 Å². The first-order chi connectivity index (χ1) is 22.0. The van der Waals surface area contributed by atoms with Gasteiger partial charge in [-0.1, -0.05) is 17.3 Å². The molecule has 0 unspecified atom stereocenters. The van der Waals surface area contributed by atoms with E-state index in [1.54, 1.807) is 38.1 Å². The fourth-order valence-corrected chi connectivity index (χ4v) is 6.70. The number of nitrogens with one attached hydrogen (secondary N) is 1. The summed E-state index contributed by atoms with van der Waals surface area (Å²) in [5, 5.41) is 15.9. The Bertz CT molecular complexity index is 1680. The number of carbonyl (C=O) groups excluding carboxylic acids is 1. The normalized spacial score (nSPS) is 23.6. The zero-order chi connectivity index (χ0) is 33.9. The van der Waals surface area contributed by atoms with Crippen LogP contribution in [0, 0.1) is 16.7 Å². The van der Waals surface area contributed by atoms with Crippen LogP contribution >= 0.6 is 0 Å². The first kappa shape index (κ1) is 32.7. The second kappa shape index (κ2) is 11.2. The van der Waals surface area contributed by atoms with E-state index in [0.717, 1.165) is 52.4 Å². The summed E-state index contributed by atoms with van der Waals surface area (Å²) in [6.07, 6.45) is 0.961. The Labute approximate surface area is 270 Å². The van der Waals surface area contributed by atoms with Crippen molar-refractivity contribution in [3.8, 4) is 22.9 Å². The van der Waals surface area contributed by atoms with Gasteiger partial charge in [-0.15, -0.1) is 0 Å². The third kappa shape index (κ3) is 6.14. The Morgan fingerprint density at radius 2 is 1.64 bits per heavy atom. The largest absolute Gasteiger partial charge is 0.473 e. The highest BCUT2D eigenvalue weighted by atomic mass is 19.4. The Balaban J connectivity index is 1.17. The van der Waals surface area contributed by atoms with Gasteiger partial charge in [0.25, 0.3) is 5.89 Å². The lowest BCUT2D eigenvalue weighted by atomic mass is 9.53. The summed E-state index contributed by atoms with van der Waals surface area (Å²) in [5.41, 5.74) is -5.11. The van der Waals surface area contributed by atoms with Gasteiger partial charge in [0.1, 0.15) is 17.6 Å². The number of ether oxygens (including phenoxy) is 2. The number of hydrogen-bond acceptors (Lipinski definition) is 8. The summed E-state index contributed by atoms with van der Waals surface area (Å²) in [4.78, 5) is 21.7. The van der Waals surface area contributed by atoms with E-state index in [1.807, 2.05) is 6.07 Å². The molecule has 0 spiro atoms. The van der Waals surface area contributed by atoms with Crippen LogP contribution in [-0.2, 0) is 21.2 Å². The highest BCUT2D eigenvalue weighted by molar-refractivity contribution is 5.87. The summed E-state index contributed by atoms with van der Waals surface area (Å²) in [6.45, 7) is 5.37. The van der Waals surface area contributed by atoms with Crippen molar-refractivity contribution in [2.45, 2.75) is 107 Å². The monoisotopic (exact) mass is 655 g/mol. The Morgan fingerprint density at radius 1 is 1.00 bits per heavy atom. The van der Waals surface area contributed by atoms with E-state index in [4.69, 9.17) is 14.0 Å². The molecule has 4 aliphatic carbocycles. The van der Waals surface area contributed by atoms with Crippen LogP contribution < -0.4 is 10.1 Å². The molecular formula is C34H37F4N5O4. The minimum atomic E-state index is -4.68. The van der Waals surface area contributed by atoms with Crippen molar-refractivity contribution in [3.63, 3.8) is 0 Å². The van der Waals surface area contributed by atoms with Crippen LogP contribution in [0.1, 0.15) is 96.3 Å². The number of benzene rings is 1. The third-order valence-corrected chi connectivity index (χ3v) is 10.2. The average molecular weight is 656 g/mol. The maximum absolute atomic E-state index is 14.5. The third-order valence-electron chi connectivity index (χ3n) is 10.2. The molecule has 0 atom stereocenters. The topological polar surface area (TPSA) is 123 Å². The lowest BCUT2D eigenvalue weighted by Gasteiger charge is -2.51. The molecule has 2 aromatic heterocycles. The van der Waals surface area contributed by atoms with Gasteiger partial charge in [0.05, 0.1) is 12.0 Å². The van der Waals surface area contributed by atoms with Crippen molar-refractivity contribution in [2.75, 3.05) is 11.9 Å². The van der Waals surface area contributed by atoms with Crippen molar-refractivity contribution in [1.82, 2.24) is 15.1 Å². The number of nitrogens with zero attached hydrogens (tertiary/aromatic N) is 4. The lowest BCUT2D eigenvalue weighted by Crippen LogP contribution is -2.47. The quantitative estimate of drug-likeness (QED) is 0.228. The highest BCUT2D eigenvalue weighted by Crippen LogP contribution is 2.58. The Hall–Kier alpha value is -4.21. The molecule has 250 valence electrons. The molecule has 4 aliphatic rings. The van der Waals surface area contributed by atoms with E-state index in [2.05, 4.69) is 20.4 Å². The van der Waals surface area contributed by atoms with Crippen LogP contribution in [0.3, 0.4) is 0 Å². The number of alkyl halides is 4. The van der Waals surface area contributed by atoms with E-state index in [0.29, 0.717) is 30.0 Å². The second-order valence-electron chi connectivity index (χ2n) is 14.3. The van der Waals surface area contributed by atoms with Crippen LogP contribution in [0.4, 0.5) is 28.2 Å². The number of fused-ring (bicyclic) bond motifs is 3. The predicted molar refractivity (Wildman–Crippen MR) is 162 cm³/mol. The molecular weight excluding hydrogens is 618 g/mol. The maximum atomic E-state index is 14.5. The second-order valence-corrected chi connectivity index (χ2v) is 14.3. The number of aromatic nitrogens is 3. The van der Waals surface area contributed by atoms with E-state index in [1.165, 1.54) is 12.3 Å². The smallest absolute Gasteiger partial charge is 0.412 e. The number of carbonyl (C=O) groups is 1. The SMILES string of the molecule is CC(C)(C#N)Oc1ccc(-c2ccnc(NC(=O)OCC34CCC(c5noc(C6(F)CC6)n5)(CC3)CC4)c2C(C)(C)C(F)(F)F)cc1. The zero-order valence-electron chi connectivity index (χ0n) is 26.8. The fraction of sp³-hybridized carbons (Fsp3) is 0.559. The van der Waals surface area contributed by atoms with Crippen LogP contribution in [-0.4, -0.2) is 39.6 Å². The summed E-state index contributed by atoms with van der Waals surface area (Å²) in [6, 6.07) is 9.84. The highest BCUT2D eigenvalue weighted by Gasteiger charge is 2.55. The van der Waals surface area contributed by atoms with Crippen LogP contribution in [0.5, 0.6) is 5.75 Å². The zero-order valence-corrected chi connectivity index (χ0v) is 26.8. The van der Waals surface area contributed by atoms with Gasteiger partial charge in [-0.05, 0) is 108 Å². The number of nitriles is 1. The molecule has 1 amide bonds. The molecule has 47 heavy (non-hydrogen) atoms. The molecule has 7 rings (SSSR count). The lowest BCUT2D eigenvalue weighted by molar-refractivity contribution is -0.179. The standard InChI is InChI=1S/C34H37F4N5O4/c1-29(2,19-39)46-22-7-5-21(6-8-22)23-9-18-40-25(24(23)30(3,4)34(36,37)38)41-28(44)45-20-31-10-13-32(14-11-31,15-12-31)26-42-27(47-43-26)33(35)16-17-33/h5-9,18H,10-17,20H2,1-4H3,(H,40,41,44). The average Bonchev–Trinajstić information content (AvgIpc) is 3.57. The predicted octanol–water partition coefficient (Wildman–Crippen LogP) is 8.45. The van der Waals surface area contributed by atoms with Crippen molar-refractivity contribution in [2.24, 2.45) is 5.41 Å². The number of halogens is 4. The van der Waals surface area contributed by atoms with Crippen molar-refractivity contribution >= 4 is 11.9 Å². The van der Waals surface area contributed by atoms with Gasteiger partial charge in [0, 0.05) is 22.6 Å². The van der Waals surface area contributed by atoms with Crippen molar-refractivity contribution in [3.05, 3.63) is 53.8 Å². The van der Waals surface area contributed by atoms with E-state index >= 15 is 0 Å². The Morgan fingerprint density at radius 3 is 2.21 bits per heavy atom. The molecule has 9 nitrogen and oxygen atoms in total. The molecule has 2 bridgehead atoms. The van der Waals surface area contributed by atoms with Crippen LogP contribution in [0.15, 0.2) is 41.1 Å². The van der Waals surface area contributed by atoms with E-state index < -0.39 is 29.0 Å². The minimum absolute atomic E-state index is 0.0562. The van der Waals surface area contributed by atoms with E-state index in [9.17, 15) is 27.6 Å². The number of hydrogen-bond donors (Lipinski definition) is 1. The van der Waals surface area contributed by atoms with Gasteiger partial charge in [-0.25, -0.2) is 14.2 Å². The molecule has 0 saturated heterocycles. The molecule has 0 radical (unpaired) electrons. The molecule has 1 N–H and O–H groups in total. The van der Waals surface area contributed by atoms with Gasteiger partial charge >= 0.3 is 12.3 Å². The number of pyridine rings is 1. The molecule has 13 heteroatoms.